The minimum Gasteiger partial charge on any atom is -0.268 e. The zero-order chi connectivity index (χ0) is 15.9. The number of amides is 2. The van der Waals surface area contributed by atoms with E-state index in [0.29, 0.717) is 16.5 Å². The Bertz CT molecular complexity index is 757. The first-order chi connectivity index (χ1) is 10.4. The molecule has 0 fully saturated rings. The summed E-state index contributed by atoms with van der Waals surface area (Å²) >= 11 is 0. The van der Waals surface area contributed by atoms with Gasteiger partial charge in [-0.25, -0.2) is 9.79 Å². The Hall–Kier alpha value is -2.50. The van der Waals surface area contributed by atoms with Gasteiger partial charge in [-0.2, -0.15) is 0 Å². The van der Waals surface area contributed by atoms with Crippen molar-refractivity contribution in [3.8, 4) is 0 Å². The van der Waals surface area contributed by atoms with Gasteiger partial charge in [0, 0.05) is 22.7 Å². The normalized spacial score (nSPS) is 15.1. The lowest BCUT2D eigenvalue weighted by Crippen LogP contribution is -2.37. The highest BCUT2D eigenvalue weighted by molar-refractivity contribution is 6.25. The summed E-state index contributed by atoms with van der Waals surface area (Å²) in [5.41, 5.74) is -0.0241. The summed E-state index contributed by atoms with van der Waals surface area (Å²) in [4.78, 5) is 30.5. The molecule has 0 bridgehead atoms. The fraction of sp³-hybridized carbons (Fsp3) is 0.176. The van der Waals surface area contributed by atoms with Crippen molar-refractivity contribution < 1.29 is 19.7 Å². The number of rotatable bonds is 3. The zero-order valence-corrected chi connectivity index (χ0v) is 12.2. The molecule has 22 heavy (non-hydrogen) atoms. The minimum atomic E-state index is -0.996. The molecule has 1 N–H and O–H groups in total. The van der Waals surface area contributed by atoms with Crippen molar-refractivity contribution in [3.05, 3.63) is 59.8 Å². The van der Waals surface area contributed by atoms with Crippen molar-refractivity contribution in [3.63, 3.8) is 0 Å². The summed E-state index contributed by atoms with van der Waals surface area (Å²) in [6.45, 7) is 3.22. The lowest BCUT2D eigenvalue weighted by Gasteiger charge is -2.25. The lowest BCUT2D eigenvalue weighted by atomic mass is 9.94. The number of hydrogen-bond donors (Lipinski definition) is 1. The van der Waals surface area contributed by atoms with Gasteiger partial charge in [-0.3, -0.25) is 14.8 Å². The molecular formula is C17H15NO4. The van der Waals surface area contributed by atoms with Crippen LogP contribution >= 0.6 is 0 Å². The molecule has 2 aromatic carbocycles. The second-order valence-corrected chi connectivity index (χ2v) is 5.70. The van der Waals surface area contributed by atoms with Gasteiger partial charge in [0.1, 0.15) is 5.60 Å². The number of hydrogen-bond acceptors (Lipinski definition) is 4. The fourth-order valence-corrected chi connectivity index (χ4v) is 2.47. The topological polar surface area (TPSA) is 66.8 Å². The van der Waals surface area contributed by atoms with E-state index in [0.717, 1.165) is 10.3 Å². The van der Waals surface area contributed by atoms with E-state index < -0.39 is 5.60 Å². The molecule has 1 aliphatic heterocycles. The van der Waals surface area contributed by atoms with Gasteiger partial charge in [0.15, 0.2) is 0 Å². The molecule has 0 saturated heterocycles. The van der Waals surface area contributed by atoms with Crippen LogP contribution in [0.3, 0.4) is 0 Å². The molecule has 1 aliphatic rings. The number of carbonyl (C=O) groups excluding carboxylic acids is 2. The van der Waals surface area contributed by atoms with Crippen LogP contribution in [0, 0.1) is 0 Å². The highest BCUT2D eigenvalue weighted by atomic mass is 17.1. The molecule has 0 atom stereocenters. The Morgan fingerprint density at radius 3 is 2.09 bits per heavy atom. The van der Waals surface area contributed by atoms with Crippen molar-refractivity contribution in [2.75, 3.05) is 0 Å². The second kappa shape index (κ2) is 5.05. The van der Waals surface area contributed by atoms with E-state index in [-0.39, 0.29) is 11.8 Å². The van der Waals surface area contributed by atoms with Crippen LogP contribution < -0.4 is 0 Å². The van der Waals surface area contributed by atoms with Gasteiger partial charge in [0.2, 0.25) is 0 Å². The maximum atomic E-state index is 12.6. The van der Waals surface area contributed by atoms with E-state index in [1.165, 1.54) is 12.3 Å². The van der Waals surface area contributed by atoms with Gasteiger partial charge in [0.25, 0.3) is 11.8 Å². The molecular weight excluding hydrogens is 282 g/mol. The highest BCUT2D eigenvalue weighted by Crippen LogP contribution is 2.30. The number of nitrogens with zero attached hydrogens (tertiary/aromatic N) is 1. The van der Waals surface area contributed by atoms with Crippen LogP contribution in [0.15, 0.2) is 48.7 Å². The fourth-order valence-electron chi connectivity index (χ4n) is 2.47. The first-order valence-electron chi connectivity index (χ1n) is 6.86. The Morgan fingerprint density at radius 1 is 1.05 bits per heavy atom. The summed E-state index contributed by atoms with van der Waals surface area (Å²) in [6, 6.07) is 10.7. The Morgan fingerprint density at radius 2 is 1.59 bits per heavy atom. The molecule has 3 rings (SSSR count). The van der Waals surface area contributed by atoms with Crippen LogP contribution in [-0.4, -0.2) is 27.6 Å². The van der Waals surface area contributed by atoms with E-state index in [2.05, 4.69) is 4.89 Å². The Kier molecular flexibility index (Phi) is 3.31. The lowest BCUT2D eigenvalue weighted by molar-refractivity contribution is -0.297. The molecule has 2 aromatic rings. The molecule has 5 heteroatoms. The van der Waals surface area contributed by atoms with Gasteiger partial charge in [-0.1, -0.05) is 24.3 Å². The standard InChI is InChI=1S/C17H15NO4/c1-17(2,22-21)9-10-18-15(19)12-7-3-5-11-6-4-8-13(14(11)12)16(18)20/h3-10,21H,1-2H3/b10-9+. The molecule has 0 unspecified atom stereocenters. The Labute approximate surface area is 127 Å². The van der Waals surface area contributed by atoms with Crippen LogP contribution in [0.25, 0.3) is 10.8 Å². The van der Waals surface area contributed by atoms with Gasteiger partial charge in [-0.15, -0.1) is 0 Å². The summed E-state index contributed by atoms with van der Waals surface area (Å²) in [6.07, 6.45) is 2.80. The largest absolute Gasteiger partial charge is 0.268 e. The summed E-state index contributed by atoms with van der Waals surface area (Å²) < 4.78 is 0. The highest BCUT2D eigenvalue weighted by Gasteiger charge is 2.31. The van der Waals surface area contributed by atoms with E-state index >= 15 is 0 Å². The average molecular weight is 297 g/mol. The van der Waals surface area contributed by atoms with Gasteiger partial charge >= 0.3 is 0 Å². The summed E-state index contributed by atoms with van der Waals surface area (Å²) in [5.74, 6) is -0.779. The predicted octanol–water partition coefficient (Wildman–Crippen LogP) is 3.22. The van der Waals surface area contributed by atoms with Crippen LogP contribution in [0.5, 0.6) is 0 Å². The second-order valence-electron chi connectivity index (χ2n) is 5.70. The van der Waals surface area contributed by atoms with Crippen LogP contribution in [-0.2, 0) is 4.89 Å². The molecule has 0 spiro atoms. The molecule has 5 nitrogen and oxygen atoms in total. The number of imide groups is 1. The van der Waals surface area contributed by atoms with Crippen LogP contribution in [0.4, 0.5) is 0 Å². The average Bonchev–Trinajstić information content (AvgIpc) is 2.52. The third kappa shape index (κ3) is 2.20. The van der Waals surface area contributed by atoms with Gasteiger partial charge < -0.3 is 0 Å². The van der Waals surface area contributed by atoms with Gasteiger partial charge in [-0.05, 0) is 37.4 Å². The van der Waals surface area contributed by atoms with Crippen LogP contribution in [0.1, 0.15) is 34.6 Å². The SMILES string of the molecule is CC(C)(/C=C/N1C(=O)c2cccc3cccc(c23)C1=O)OO. The molecule has 1 heterocycles. The van der Waals surface area contributed by atoms with Crippen molar-refractivity contribution in [1.82, 2.24) is 4.90 Å². The monoisotopic (exact) mass is 297 g/mol. The minimum absolute atomic E-state index is 0.390. The Balaban J connectivity index is 2.12. The van der Waals surface area contributed by atoms with Crippen LogP contribution in [0.2, 0.25) is 0 Å². The predicted molar refractivity (Wildman–Crippen MR) is 81.4 cm³/mol. The molecule has 112 valence electrons. The van der Waals surface area contributed by atoms with Crippen molar-refractivity contribution in [2.45, 2.75) is 19.4 Å². The summed E-state index contributed by atoms with van der Waals surface area (Å²) in [7, 11) is 0. The maximum Gasteiger partial charge on any atom is 0.265 e. The molecule has 0 radical (unpaired) electrons. The summed E-state index contributed by atoms with van der Waals surface area (Å²) in [5, 5.41) is 10.3. The molecule has 0 aromatic heterocycles. The maximum absolute atomic E-state index is 12.6. The third-order valence-corrected chi connectivity index (χ3v) is 3.66. The van der Waals surface area contributed by atoms with Gasteiger partial charge in [0.05, 0.1) is 0 Å². The van der Waals surface area contributed by atoms with E-state index in [1.807, 2.05) is 12.1 Å². The van der Waals surface area contributed by atoms with Crippen molar-refractivity contribution >= 4 is 22.6 Å². The smallest absolute Gasteiger partial charge is 0.265 e. The zero-order valence-electron chi connectivity index (χ0n) is 12.2. The van der Waals surface area contributed by atoms with E-state index in [1.54, 1.807) is 38.1 Å². The molecule has 2 amide bonds. The van der Waals surface area contributed by atoms with E-state index in [9.17, 15) is 9.59 Å². The number of benzene rings is 2. The molecule has 0 saturated carbocycles. The van der Waals surface area contributed by atoms with E-state index in [4.69, 9.17) is 5.26 Å². The number of carbonyl (C=O) groups is 2. The first-order valence-corrected chi connectivity index (χ1v) is 6.86. The van der Waals surface area contributed by atoms with Crippen molar-refractivity contribution in [2.24, 2.45) is 0 Å². The van der Waals surface area contributed by atoms with Crippen molar-refractivity contribution in [1.29, 1.82) is 0 Å². The first kappa shape index (κ1) is 14.4. The molecule has 0 aliphatic carbocycles. The quantitative estimate of drug-likeness (QED) is 0.536. The third-order valence-electron chi connectivity index (χ3n) is 3.66.